The summed E-state index contributed by atoms with van der Waals surface area (Å²) in [4.78, 5) is 15.8. The maximum atomic E-state index is 13.7. The monoisotopic (exact) mass is 368 g/mol. The average molecular weight is 369 g/mol. The molecular weight excluding hydrogens is 332 g/mol. The van der Waals surface area contributed by atoms with Crippen molar-refractivity contribution in [3.05, 3.63) is 35.9 Å². The van der Waals surface area contributed by atoms with Crippen LogP contribution in [0.4, 0.5) is 0 Å². The van der Waals surface area contributed by atoms with Crippen molar-refractivity contribution >= 4 is 5.91 Å². The highest BCUT2D eigenvalue weighted by Crippen LogP contribution is 2.65. The topological polar surface area (TPSA) is 46.3 Å². The lowest BCUT2D eigenvalue weighted by Gasteiger charge is -2.61. The van der Waals surface area contributed by atoms with Crippen LogP contribution in [0.3, 0.4) is 0 Å². The molecule has 0 aromatic heterocycles. The van der Waals surface area contributed by atoms with Crippen LogP contribution < -0.4 is 5.73 Å². The van der Waals surface area contributed by atoms with Crippen LogP contribution in [0.2, 0.25) is 0 Å². The van der Waals surface area contributed by atoms with Gasteiger partial charge in [0.25, 0.3) is 0 Å². The Labute approximate surface area is 164 Å². The van der Waals surface area contributed by atoms with Crippen molar-refractivity contribution in [3.8, 4) is 0 Å². The Morgan fingerprint density at radius 1 is 1.04 bits per heavy atom. The first-order valence-electron chi connectivity index (χ1n) is 10.8. The Kier molecular flexibility index (Phi) is 4.65. The smallest absolute Gasteiger partial charge is 0.228 e. The summed E-state index contributed by atoms with van der Waals surface area (Å²) in [6.07, 6.45) is 7.59. The predicted molar refractivity (Wildman–Crippen MR) is 110 cm³/mol. The Bertz CT molecular complexity index is 686. The normalized spacial score (nSPS) is 40.0. The zero-order valence-corrected chi connectivity index (χ0v) is 17.3. The van der Waals surface area contributed by atoms with Gasteiger partial charge >= 0.3 is 0 Å². The van der Waals surface area contributed by atoms with Crippen LogP contribution in [0, 0.1) is 16.7 Å². The lowest BCUT2D eigenvalue weighted by molar-refractivity contribution is -0.150. The lowest BCUT2D eigenvalue weighted by atomic mass is 9.43. The molecule has 4 fully saturated rings. The van der Waals surface area contributed by atoms with Crippen molar-refractivity contribution in [1.29, 1.82) is 0 Å². The van der Waals surface area contributed by atoms with Gasteiger partial charge in [0.1, 0.15) is 0 Å². The Morgan fingerprint density at radius 2 is 1.67 bits per heavy atom. The molecule has 1 aromatic rings. The SMILES string of the molecule is CC1CC(C)(C(=O)N2CCC(N)CC2)C[C@]2(c3ccccc3)C[C@@](C)(C1)C2. The molecule has 2 bridgehead atoms. The molecule has 1 aliphatic heterocycles. The molecule has 1 amide bonds. The summed E-state index contributed by atoms with van der Waals surface area (Å²) < 4.78 is 0. The fraction of sp³-hybridized carbons (Fsp3) is 0.708. The van der Waals surface area contributed by atoms with E-state index in [1.165, 1.54) is 24.8 Å². The fourth-order valence-electron chi connectivity index (χ4n) is 7.10. The molecule has 3 nitrogen and oxygen atoms in total. The Balaban J connectivity index is 1.64. The molecule has 3 saturated carbocycles. The molecule has 1 saturated heterocycles. The minimum atomic E-state index is -0.265. The molecule has 2 N–H and O–H groups in total. The second-order valence-corrected chi connectivity index (χ2v) is 10.7. The van der Waals surface area contributed by atoms with Crippen LogP contribution in [0.1, 0.15) is 71.3 Å². The molecule has 3 aliphatic carbocycles. The number of benzene rings is 1. The van der Waals surface area contributed by atoms with Gasteiger partial charge in [0.2, 0.25) is 5.91 Å². The standard InChI is InChI=1S/C24H36N2O/c1-18-13-22(2)15-24(16-22,19-7-5-4-6-8-19)17-23(3,14-18)21(27)26-11-9-20(25)10-12-26/h4-8,18,20H,9-17,25H2,1-3H3/t18?,22-,23?,24+. The summed E-state index contributed by atoms with van der Waals surface area (Å²) in [6.45, 7) is 8.74. The quantitative estimate of drug-likeness (QED) is 0.835. The van der Waals surface area contributed by atoms with Crippen LogP contribution >= 0.6 is 0 Å². The third-order valence-corrected chi connectivity index (χ3v) is 7.63. The predicted octanol–water partition coefficient (Wildman–Crippen LogP) is 4.50. The zero-order chi connectivity index (χ0) is 19.3. The third-order valence-electron chi connectivity index (χ3n) is 7.63. The number of amides is 1. The minimum Gasteiger partial charge on any atom is -0.342 e. The number of rotatable bonds is 2. The van der Waals surface area contributed by atoms with E-state index in [0.717, 1.165) is 38.8 Å². The van der Waals surface area contributed by atoms with E-state index in [1.807, 2.05) is 0 Å². The number of hydrogen-bond acceptors (Lipinski definition) is 2. The van der Waals surface area contributed by atoms with Gasteiger partial charge in [-0.2, -0.15) is 0 Å². The van der Waals surface area contributed by atoms with Gasteiger partial charge in [-0.25, -0.2) is 0 Å². The number of carbonyl (C=O) groups excluding carboxylic acids is 1. The highest BCUT2D eigenvalue weighted by molar-refractivity contribution is 5.83. The maximum absolute atomic E-state index is 13.7. The van der Waals surface area contributed by atoms with Gasteiger partial charge in [-0.3, -0.25) is 4.79 Å². The highest BCUT2D eigenvalue weighted by atomic mass is 16.2. The van der Waals surface area contributed by atoms with Gasteiger partial charge in [0, 0.05) is 24.5 Å². The van der Waals surface area contributed by atoms with Gasteiger partial charge in [0.05, 0.1) is 0 Å². The van der Waals surface area contributed by atoms with Crippen LogP contribution in [-0.2, 0) is 10.2 Å². The molecule has 2 atom stereocenters. The van der Waals surface area contributed by atoms with E-state index in [9.17, 15) is 4.79 Å². The second kappa shape index (κ2) is 6.62. The van der Waals surface area contributed by atoms with Gasteiger partial charge in [-0.05, 0) is 67.3 Å². The molecule has 3 heteroatoms. The average Bonchev–Trinajstić information content (AvgIpc) is 2.59. The summed E-state index contributed by atoms with van der Waals surface area (Å²) in [5, 5.41) is 0. The molecule has 1 heterocycles. The van der Waals surface area contributed by atoms with Gasteiger partial charge < -0.3 is 10.6 Å². The summed E-state index contributed by atoms with van der Waals surface area (Å²) in [7, 11) is 0. The second-order valence-electron chi connectivity index (χ2n) is 10.7. The summed E-state index contributed by atoms with van der Waals surface area (Å²) in [6, 6.07) is 11.3. The molecule has 1 aromatic carbocycles. The Hall–Kier alpha value is -1.35. The number of hydrogen-bond donors (Lipinski definition) is 1. The Morgan fingerprint density at radius 3 is 2.30 bits per heavy atom. The maximum Gasteiger partial charge on any atom is 0.228 e. The van der Waals surface area contributed by atoms with Crippen molar-refractivity contribution < 1.29 is 4.79 Å². The molecule has 5 rings (SSSR count). The number of nitrogens with two attached hydrogens (primary N) is 1. The van der Waals surface area contributed by atoms with Crippen LogP contribution in [0.15, 0.2) is 30.3 Å². The van der Waals surface area contributed by atoms with Crippen molar-refractivity contribution in [2.24, 2.45) is 22.5 Å². The first kappa shape index (κ1) is 19.0. The zero-order valence-electron chi connectivity index (χ0n) is 17.3. The van der Waals surface area contributed by atoms with E-state index in [1.54, 1.807) is 0 Å². The van der Waals surface area contributed by atoms with E-state index in [4.69, 9.17) is 5.73 Å². The largest absolute Gasteiger partial charge is 0.342 e. The molecule has 0 radical (unpaired) electrons. The molecule has 148 valence electrons. The van der Waals surface area contributed by atoms with Crippen molar-refractivity contribution in [2.45, 2.75) is 77.2 Å². The van der Waals surface area contributed by atoms with Crippen LogP contribution in [-0.4, -0.2) is 29.9 Å². The molecule has 2 unspecified atom stereocenters. The van der Waals surface area contributed by atoms with Crippen LogP contribution in [0.25, 0.3) is 0 Å². The number of piperidine rings is 1. The van der Waals surface area contributed by atoms with Crippen molar-refractivity contribution in [1.82, 2.24) is 4.90 Å². The first-order chi connectivity index (χ1) is 12.7. The minimum absolute atomic E-state index is 0.173. The lowest BCUT2D eigenvalue weighted by Crippen LogP contribution is -2.57. The summed E-state index contributed by atoms with van der Waals surface area (Å²) >= 11 is 0. The van der Waals surface area contributed by atoms with E-state index < -0.39 is 0 Å². The first-order valence-corrected chi connectivity index (χ1v) is 10.8. The number of nitrogens with zero attached hydrogens (tertiary/aromatic N) is 1. The van der Waals surface area contributed by atoms with E-state index in [-0.39, 0.29) is 16.9 Å². The van der Waals surface area contributed by atoms with Crippen molar-refractivity contribution in [2.75, 3.05) is 13.1 Å². The fourth-order valence-corrected chi connectivity index (χ4v) is 7.10. The van der Waals surface area contributed by atoms with Gasteiger partial charge in [-0.1, -0.05) is 51.1 Å². The van der Waals surface area contributed by atoms with Crippen LogP contribution in [0.5, 0.6) is 0 Å². The number of carbonyl (C=O) groups is 1. The van der Waals surface area contributed by atoms with Gasteiger partial charge in [-0.15, -0.1) is 0 Å². The van der Waals surface area contributed by atoms with E-state index in [0.29, 0.717) is 17.2 Å². The molecule has 27 heavy (non-hydrogen) atoms. The van der Waals surface area contributed by atoms with Gasteiger partial charge in [0.15, 0.2) is 0 Å². The summed E-state index contributed by atoms with van der Waals surface area (Å²) in [5.41, 5.74) is 7.87. The molecule has 0 spiro atoms. The third kappa shape index (κ3) is 3.44. The number of fused-ring (bicyclic) bond motifs is 4. The van der Waals surface area contributed by atoms with E-state index in [2.05, 4.69) is 56.0 Å². The molecular formula is C24H36N2O. The molecule has 4 aliphatic rings. The van der Waals surface area contributed by atoms with E-state index >= 15 is 0 Å². The summed E-state index contributed by atoms with van der Waals surface area (Å²) in [5.74, 6) is 0.983. The highest BCUT2D eigenvalue weighted by Gasteiger charge is 2.58. The van der Waals surface area contributed by atoms with Crippen molar-refractivity contribution in [3.63, 3.8) is 0 Å². The number of likely N-dealkylation sites (tertiary alicyclic amines) is 1.